The van der Waals surface area contributed by atoms with E-state index in [0.717, 1.165) is 25.1 Å². The SMILES string of the molecule is Cc1cc(=O)n2[nH]c(-c3ccc4c(c3)CNCC4)nc2n1. The second-order valence-electron chi connectivity index (χ2n) is 5.35. The van der Waals surface area contributed by atoms with Crippen molar-refractivity contribution >= 4 is 5.78 Å². The Balaban J connectivity index is 1.86. The predicted molar refractivity (Wildman–Crippen MR) is 79.2 cm³/mol. The summed E-state index contributed by atoms with van der Waals surface area (Å²) in [5.74, 6) is 1.07. The number of aromatic nitrogens is 4. The van der Waals surface area contributed by atoms with Crippen molar-refractivity contribution in [3.05, 3.63) is 51.4 Å². The number of benzene rings is 1. The van der Waals surface area contributed by atoms with E-state index in [1.807, 2.05) is 6.07 Å². The molecule has 0 bridgehead atoms. The number of nitrogens with one attached hydrogen (secondary N) is 2. The summed E-state index contributed by atoms with van der Waals surface area (Å²) in [6, 6.07) is 7.79. The molecule has 0 saturated carbocycles. The van der Waals surface area contributed by atoms with Gasteiger partial charge < -0.3 is 5.32 Å². The van der Waals surface area contributed by atoms with Crippen LogP contribution in [0.3, 0.4) is 0 Å². The number of aryl methyl sites for hydroxylation is 1. The summed E-state index contributed by atoms with van der Waals surface area (Å²) >= 11 is 0. The Hall–Kier alpha value is -2.47. The van der Waals surface area contributed by atoms with Gasteiger partial charge in [0.2, 0.25) is 0 Å². The van der Waals surface area contributed by atoms with Gasteiger partial charge in [0.25, 0.3) is 11.3 Å². The van der Waals surface area contributed by atoms with Gasteiger partial charge in [0, 0.05) is 23.9 Å². The minimum Gasteiger partial charge on any atom is -0.312 e. The number of aromatic amines is 1. The maximum atomic E-state index is 11.9. The molecule has 0 atom stereocenters. The van der Waals surface area contributed by atoms with Gasteiger partial charge in [0.05, 0.1) is 0 Å². The van der Waals surface area contributed by atoms with E-state index in [1.165, 1.54) is 21.7 Å². The zero-order valence-electron chi connectivity index (χ0n) is 11.7. The van der Waals surface area contributed by atoms with Crippen LogP contribution in [0.25, 0.3) is 17.2 Å². The molecule has 1 aliphatic rings. The van der Waals surface area contributed by atoms with Crippen LogP contribution in [-0.4, -0.2) is 26.1 Å². The average molecular weight is 281 g/mol. The zero-order valence-corrected chi connectivity index (χ0v) is 11.7. The fourth-order valence-electron chi connectivity index (χ4n) is 2.75. The van der Waals surface area contributed by atoms with Crippen LogP contribution in [0.5, 0.6) is 0 Å². The summed E-state index contributed by atoms with van der Waals surface area (Å²) in [5, 5.41) is 6.39. The Labute approximate surface area is 120 Å². The van der Waals surface area contributed by atoms with E-state index in [0.29, 0.717) is 17.3 Å². The highest BCUT2D eigenvalue weighted by molar-refractivity contribution is 5.59. The largest absolute Gasteiger partial charge is 0.312 e. The Kier molecular flexibility index (Phi) is 2.65. The fourth-order valence-corrected chi connectivity index (χ4v) is 2.75. The van der Waals surface area contributed by atoms with Gasteiger partial charge in [0.15, 0.2) is 5.82 Å². The Bertz CT molecular complexity index is 893. The smallest absolute Gasteiger partial charge is 0.274 e. The van der Waals surface area contributed by atoms with Crippen molar-refractivity contribution in [1.82, 2.24) is 24.9 Å². The first-order valence-electron chi connectivity index (χ1n) is 7.00. The molecule has 3 aromatic rings. The van der Waals surface area contributed by atoms with E-state index in [4.69, 9.17) is 0 Å². The van der Waals surface area contributed by atoms with Crippen LogP contribution < -0.4 is 10.9 Å². The van der Waals surface area contributed by atoms with E-state index in [-0.39, 0.29) is 5.56 Å². The van der Waals surface area contributed by atoms with Crippen molar-refractivity contribution in [2.24, 2.45) is 0 Å². The standard InChI is InChI=1S/C15H15N5O/c1-9-6-13(21)20-15(17-9)18-14(19-20)11-3-2-10-4-5-16-8-12(10)7-11/h2-3,6-7,16H,4-5,8H2,1H3,(H,17,18,19). The van der Waals surface area contributed by atoms with Crippen LogP contribution in [0, 0.1) is 6.92 Å². The van der Waals surface area contributed by atoms with Gasteiger partial charge in [-0.2, -0.15) is 9.50 Å². The molecule has 21 heavy (non-hydrogen) atoms. The van der Waals surface area contributed by atoms with Crippen LogP contribution in [0.1, 0.15) is 16.8 Å². The number of hydrogen-bond donors (Lipinski definition) is 2. The summed E-state index contributed by atoms with van der Waals surface area (Å²) in [6.07, 6.45) is 1.05. The first-order chi connectivity index (χ1) is 10.2. The molecule has 6 nitrogen and oxygen atoms in total. The van der Waals surface area contributed by atoms with Crippen LogP contribution in [0.2, 0.25) is 0 Å². The maximum absolute atomic E-state index is 11.9. The molecule has 106 valence electrons. The monoisotopic (exact) mass is 281 g/mol. The minimum absolute atomic E-state index is 0.143. The van der Waals surface area contributed by atoms with Crippen molar-refractivity contribution < 1.29 is 0 Å². The van der Waals surface area contributed by atoms with Gasteiger partial charge in [0.1, 0.15) is 0 Å². The predicted octanol–water partition coefficient (Wildman–Crippen LogP) is 1.04. The Morgan fingerprint density at radius 1 is 1.19 bits per heavy atom. The first kappa shape index (κ1) is 12.3. The second-order valence-corrected chi connectivity index (χ2v) is 5.35. The van der Waals surface area contributed by atoms with Crippen LogP contribution in [0.4, 0.5) is 0 Å². The zero-order chi connectivity index (χ0) is 14.4. The molecule has 6 heteroatoms. The summed E-state index contributed by atoms with van der Waals surface area (Å²) < 4.78 is 1.38. The molecule has 0 saturated heterocycles. The molecule has 0 spiro atoms. The lowest BCUT2D eigenvalue weighted by atomic mass is 9.98. The fraction of sp³-hybridized carbons (Fsp3) is 0.267. The van der Waals surface area contributed by atoms with Gasteiger partial charge in [-0.3, -0.25) is 9.89 Å². The van der Waals surface area contributed by atoms with Crippen molar-refractivity contribution in [3.63, 3.8) is 0 Å². The van der Waals surface area contributed by atoms with Gasteiger partial charge >= 0.3 is 0 Å². The number of H-pyrrole nitrogens is 1. The molecule has 0 aliphatic carbocycles. The second kappa shape index (κ2) is 4.53. The van der Waals surface area contributed by atoms with Gasteiger partial charge in [-0.15, -0.1) is 0 Å². The minimum atomic E-state index is -0.143. The number of fused-ring (bicyclic) bond motifs is 2. The topological polar surface area (TPSA) is 75.1 Å². The quantitative estimate of drug-likeness (QED) is 0.699. The highest BCUT2D eigenvalue weighted by atomic mass is 16.1. The summed E-state index contributed by atoms with van der Waals surface area (Å²) in [4.78, 5) is 20.6. The lowest BCUT2D eigenvalue weighted by Crippen LogP contribution is -2.23. The summed E-state index contributed by atoms with van der Waals surface area (Å²) in [7, 11) is 0. The number of rotatable bonds is 1. The first-order valence-corrected chi connectivity index (χ1v) is 7.00. The van der Waals surface area contributed by atoms with Gasteiger partial charge in [-0.25, -0.2) is 4.98 Å². The van der Waals surface area contributed by atoms with Gasteiger partial charge in [-0.1, -0.05) is 12.1 Å². The molecule has 0 amide bonds. The third-order valence-corrected chi connectivity index (χ3v) is 3.82. The summed E-state index contributed by atoms with van der Waals surface area (Å²) in [5.41, 5.74) is 4.17. The Morgan fingerprint density at radius 2 is 2.10 bits per heavy atom. The molecule has 0 unspecified atom stereocenters. The van der Waals surface area contributed by atoms with E-state index in [9.17, 15) is 4.79 Å². The lowest BCUT2D eigenvalue weighted by Gasteiger charge is -2.17. The van der Waals surface area contributed by atoms with E-state index < -0.39 is 0 Å². The van der Waals surface area contributed by atoms with E-state index >= 15 is 0 Å². The van der Waals surface area contributed by atoms with Crippen LogP contribution >= 0.6 is 0 Å². The van der Waals surface area contributed by atoms with E-state index in [1.54, 1.807) is 6.92 Å². The highest BCUT2D eigenvalue weighted by Gasteiger charge is 2.12. The average Bonchev–Trinajstić information content (AvgIpc) is 2.91. The lowest BCUT2D eigenvalue weighted by molar-refractivity contribution is 0.644. The molecule has 1 aliphatic heterocycles. The molecular formula is C15H15N5O. The molecule has 1 aromatic carbocycles. The maximum Gasteiger partial charge on any atom is 0.274 e. The van der Waals surface area contributed by atoms with Crippen molar-refractivity contribution in [3.8, 4) is 11.4 Å². The molecular weight excluding hydrogens is 266 g/mol. The third-order valence-electron chi connectivity index (χ3n) is 3.82. The molecule has 0 radical (unpaired) electrons. The van der Waals surface area contributed by atoms with Crippen molar-refractivity contribution in [2.45, 2.75) is 19.9 Å². The van der Waals surface area contributed by atoms with E-state index in [2.05, 4.69) is 32.5 Å². The number of hydrogen-bond acceptors (Lipinski definition) is 4. The molecule has 0 fully saturated rings. The third kappa shape index (κ3) is 2.04. The van der Waals surface area contributed by atoms with Crippen LogP contribution in [-0.2, 0) is 13.0 Å². The van der Waals surface area contributed by atoms with Crippen LogP contribution in [0.15, 0.2) is 29.1 Å². The van der Waals surface area contributed by atoms with Crippen molar-refractivity contribution in [2.75, 3.05) is 6.54 Å². The molecule has 2 N–H and O–H groups in total. The normalized spacial score (nSPS) is 14.3. The molecule has 4 rings (SSSR count). The molecule has 2 aromatic heterocycles. The highest BCUT2D eigenvalue weighted by Crippen LogP contribution is 2.22. The summed E-state index contributed by atoms with van der Waals surface area (Å²) in [6.45, 7) is 3.69. The molecule has 3 heterocycles. The van der Waals surface area contributed by atoms with Crippen molar-refractivity contribution in [1.29, 1.82) is 0 Å². The van der Waals surface area contributed by atoms with Gasteiger partial charge in [-0.05, 0) is 37.1 Å². The number of nitrogens with zero attached hydrogens (tertiary/aromatic N) is 3. The Morgan fingerprint density at radius 3 is 3.00 bits per heavy atom.